The van der Waals surface area contributed by atoms with Crippen molar-refractivity contribution in [3.8, 4) is 0 Å². The minimum Gasteiger partial charge on any atom is -0.367 e. The molecule has 0 saturated carbocycles. The Morgan fingerprint density at radius 2 is 1.79 bits per heavy atom. The Bertz CT molecular complexity index is 978. The lowest BCUT2D eigenvalue weighted by atomic mass is 10.1. The second kappa shape index (κ2) is 8.57. The van der Waals surface area contributed by atoms with E-state index in [0.717, 1.165) is 45.1 Å². The van der Waals surface area contributed by atoms with E-state index in [1.165, 1.54) is 18.6 Å². The summed E-state index contributed by atoms with van der Waals surface area (Å²) in [5.74, 6) is 0.593. The Kier molecular flexibility index (Phi) is 5.71. The van der Waals surface area contributed by atoms with Gasteiger partial charge >= 0.3 is 0 Å². The molecule has 3 aromatic rings. The average Bonchev–Trinajstić information content (AvgIpc) is 3.16. The number of piperazine rings is 1. The van der Waals surface area contributed by atoms with Gasteiger partial charge in [0.25, 0.3) is 0 Å². The molecule has 5 nitrogen and oxygen atoms in total. The van der Waals surface area contributed by atoms with Crippen LogP contribution in [-0.2, 0) is 13.1 Å². The number of ketones is 1. The molecule has 0 spiro atoms. The number of benzene rings is 2. The van der Waals surface area contributed by atoms with Gasteiger partial charge in [0.1, 0.15) is 11.6 Å². The van der Waals surface area contributed by atoms with E-state index in [9.17, 15) is 9.18 Å². The fourth-order valence-electron chi connectivity index (χ4n) is 3.75. The van der Waals surface area contributed by atoms with Crippen molar-refractivity contribution in [3.05, 3.63) is 83.7 Å². The maximum absolute atomic E-state index is 14.4. The maximum atomic E-state index is 14.4. The van der Waals surface area contributed by atoms with E-state index in [-0.39, 0.29) is 11.6 Å². The summed E-state index contributed by atoms with van der Waals surface area (Å²) in [4.78, 5) is 20.4. The highest BCUT2D eigenvalue weighted by molar-refractivity contribution is 5.94. The van der Waals surface area contributed by atoms with Gasteiger partial charge in [-0.2, -0.15) is 0 Å². The van der Waals surface area contributed by atoms with Crippen LogP contribution in [0.5, 0.6) is 0 Å². The van der Waals surface area contributed by atoms with Gasteiger partial charge in [-0.25, -0.2) is 9.37 Å². The third-order valence-corrected chi connectivity index (χ3v) is 5.43. The Balaban J connectivity index is 1.36. The standard InChI is InChI=1S/C23H25FN4O/c1-18(29)20-7-8-22(21(24)15-20)27-13-11-26(12-14-27)17-23-25-9-10-28(23)16-19-5-3-2-4-6-19/h2-10,15H,11-14,16-17H2,1H3. The molecule has 2 heterocycles. The van der Waals surface area contributed by atoms with Crippen LogP contribution < -0.4 is 4.90 Å². The van der Waals surface area contributed by atoms with Crippen LogP contribution in [0.25, 0.3) is 0 Å². The van der Waals surface area contributed by atoms with Crippen molar-refractivity contribution in [3.63, 3.8) is 0 Å². The summed E-state index contributed by atoms with van der Waals surface area (Å²) >= 11 is 0. The Morgan fingerprint density at radius 3 is 2.48 bits per heavy atom. The van der Waals surface area contributed by atoms with E-state index < -0.39 is 0 Å². The smallest absolute Gasteiger partial charge is 0.159 e. The predicted molar refractivity (Wildman–Crippen MR) is 112 cm³/mol. The molecule has 6 heteroatoms. The second-order valence-electron chi connectivity index (χ2n) is 7.44. The number of imidazole rings is 1. The number of hydrogen-bond donors (Lipinski definition) is 0. The zero-order valence-electron chi connectivity index (χ0n) is 16.6. The predicted octanol–water partition coefficient (Wildman–Crippen LogP) is 3.60. The van der Waals surface area contributed by atoms with E-state index >= 15 is 0 Å². The molecule has 1 aliphatic heterocycles. The molecule has 0 amide bonds. The first-order valence-electron chi connectivity index (χ1n) is 9.92. The van der Waals surface area contributed by atoms with Crippen molar-refractivity contribution in [2.45, 2.75) is 20.0 Å². The summed E-state index contributed by atoms with van der Waals surface area (Å²) in [5.41, 5.74) is 2.23. The second-order valence-corrected chi connectivity index (χ2v) is 7.44. The van der Waals surface area contributed by atoms with Crippen LogP contribution >= 0.6 is 0 Å². The Hall–Kier alpha value is -2.99. The minimum absolute atomic E-state index is 0.119. The largest absolute Gasteiger partial charge is 0.367 e. The van der Waals surface area contributed by atoms with Gasteiger partial charge < -0.3 is 9.47 Å². The molecule has 1 aliphatic rings. The molecular formula is C23H25FN4O. The van der Waals surface area contributed by atoms with Gasteiger partial charge in [0.05, 0.1) is 12.2 Å². The van der Waals surface area contributed by atoms with Crippen LogP contribution in [0.3, 0.4) is 0 Å². The quantitative estimate of drug-likeness (QED) is 0.601. The summed E-state index contributed by atoms with van der Waals surface area (Å²) < 4.78 is 16.6. The van der Waals surface area contributed by atoms with E-state index in [1.807, 2.05) is 35.5 Å². The van der Waals surface area contributed by atoms with Crippen molar-refractivity contribution in [1.29, 1.82) is 0 Å². The number of hydrogen-bond acceptors (Lipinski definition) is 4. The molecule has 29 heavy (non-hydrogen) atoms. The van der Waals surface area contributed by atoms with E-state index in [2.05, 4.69) is 26.6 Å². The zero-order valence-corrected chi connectivity index (χ0v) is 16.6. The van der Waals surface area contributed by atoms with Gasteiger partial charge in [-0.05, 0) is 30.7 Å². The first-order chi connectivity index (χ1) is 14.1. The molecule has 1 saturated heterocycles. The lowest BCUT2D eigenvalue weighted by Crippen LogP contribution is -2.46. The lowest BCUT2D eigenvalue weighted by molar-refractivity contribution is 0.101. The van der Waals surface area contributed by atoms with Crippen LogP contribution in [0.15, 0.2) is 60.9 Å². The van der Waals surface area contributed by atoms with Crippen LogP contribution in [0.4, 0.5) is 10.1 Å². The minimum atomic E-state index is -0.329. The third kappa shape index (κ3) is 4.54. The number of Topliss-reactive ketones (excluding diaryl/α,β-unsaturated/α-hetero) is 1. The van der Waals surface area contributed by atoms with Gasteiger partial charge in [-0.1, -0.05) is 30.3 Å². The normalized spacial score (nSPS) is 14.9. The number of carbonyl (C=O) groups excluding carboxylic acids is 1. The molecule has 0 N–H and O–H groups in total. The van der Waals surface area contributed by atoms with Crippen molar-refractivity contribution in [1.82, 2.24) is 14.5 Å². The molecule has 150 valence electrons. The van der Waals surface area contributed by atoms with E-state index in [1.54, 1.807) is 12.1 Å². The van der Waals surface area contributed by atoms with Gasteiger partial charge in [0.15, 0.2) is 5.78 Å². The van der Waals surface area contributed by atoms with Crippen LogP contribution in [-0.4, -0.2) is 46.4 Å². The fraction of sp³-hybridized carbons (Fsp3) is 0.304. The number of nitrogens with zero attached hydrogens (tertiary/aromatic N) is 4. The average molecular weight is 392 g/mol. The summed E-state index contributed by atoms with van der Waals surface area (Å²) in [6.45, 7) is 6.21. The topological polar surface area (TPSA) is 41.4 Å². The maximum Gasteiger partial charge on any atom is 0.159 e. The summed E-state index contributed by atoms with van der Waals surface area (Å²) in [6.07, 6.45) is 3.87. The number of anilines is 1. The zero-order chi connectivity index (χ0) is 20.2. The first-order valence-corrected chi connectivity index (χ1v) is 9.92. The number of rotatable bonds is 6. The van der Waals surface area contributed by atoms with E-state index in [0.29, 0.717) is 11.3 Å². The van der Waals surface area contributed by atoms with Gasteiger partial charge in [0, 0.05) is 50.7 Å². The highest BCUT2D eigenvalue weighted by atomic mass is 19.1. The highest BCUT2D eigenvalue weighted by Gasteiger charge is 2.21. The highest BCUT2D eigenvalue weighted by Crippen LogP contribution is 2.22. The van der Waals surface area contributed by atoms with Crippen LogP contribution in [0.2, 0.25) is 0 Å². The van der Waals surface area contributed by atoms with Gasteiger partial charge in [-0.15, -0.1) is 0 Å². The number of halogens is 1. The first kappa shape index (κ1) is 19.3. The molecule has 1 aromatic heterocycles. The lowest BCUT2D eigenvalue weighted by Gasteiger charge is -2.36. The molecular weight excluding hydrogens is 367 g/mol. The van der Waals surface area contributed by atoms with Gasteiger partial charge in [0.2, 0.25) is 0 Å². The number of carbonyl (C=O) groups is 1. The van der Waals surface area contributed by atoms with E-state index in [4.69, 9.17) is 0 Å². The van der Waals surface area contributed by atoms with Crippen molar-refractivity contribution in [2.75, 3.05) is 31.1 Å². The Labute approximate surface area is 170 Å². The summed E-state index contributed by atoms with van der Waals surface area (Å²) in [6, 6.07) is 15.1. The van der Waals surface area contributed by atoms with Crippen molar-refractivity contribution in [2.24, 2.45) is 0 Å². The molecule has 4 rings (SSSR count). The summed E-state index contributed by atoms with van der Waals surface area (Å²) in [7, 11) is 0. The molecule has 0 atom stereocenters. The van der Waals surface area contributed by atoms with Crippen molar-refractivity contribution >= 4 is 11.5 Å². The summed E-state index contributed by atoms with van der Waals surface area (Å²) in [5, 5.41) is 0. The molecule has 0 radical (unpaired) electrons. The Morgan fingerprint density at radius 1 is 1.03 bits per heavy atom. The third-order valence-electron chi connectivity index (χ3n) is 5.43. The molecule has 0 bridgehead atoms. The molecule has 1 fully saturated rings. The molecule has 0 aliphatic carbocycles. The number of aromatic nitrogens is 2. The van der Waals surface area contributed by atoms with Crippen molar-refractivity contribution < 1.29 is 9.18 Å². The van der Waals surface area contributed by atoms with Crippen LogP contribution in [0.1, 0.15) is 28.7 Å². The fourth-order valence-corrected chi connectivity index (χ4v) is 3.75. The van der Waals surface area contributed by atoms with Crippen LogP contribution in [0, 0.1) is 5.82 Å². The van der Waals surface area contributed by atoms with Gasteiger partial charge in [-0.3, -0.25) is 9.69 Å². The SMILES string of the molecule is CC(=O)c1ccc(N2CCN(Cc3nccn3Cc3ccccc3)CC2)c(F)c1. The molecule has 0 unspecified atom stereocenters. The monoisotopic (exact) mass is 392 g/mol. The molecule has 2 aromatic carbocycles.